The van der Waals surface area contributed by atoms with Crippen LogP contribution in [0.15, 0.2) is 91.0 Å². The molecule has 0 aromatic heterocycles. The molecule has 3 aromatic carbocycles. The molecule has 5 heteroatoms. The van der Waals surface area contributed by atoms with E-state index in [0.717, 1.165) is 43.6 Å². The third kappa shape index (κ3) is 4.35. The summed E-state index contributed by atoms with van der Waals surface area (Å²) in [5.41, 5.74) is 4.90. The minimum atomic E-state index is -1.24. The number of aliphatic hydroxyl groups is 1. The van der Waals surface area contributed by atoms with Crippen LogP contribution >= 0.6 is 0 Å². The zero-order chi connectivity index (χ0) is 21.8. The van der Waals surface area contributed by atoms with Gasteiger partial charge in [-0.15, -0.1) is 0 Å². The number of nitrogens with one attached hydrogen (secondary N) is 2. The van der Waals surface area contributed by atoms with Crippen molar-refractivity contribution >= 4 is 0 Å². The SMILES string of the molecule is OC(c1ccccc1)(c1ccccc1)C1NOC(C2CCN(Cc3ccccc3)CC2)N1. The number of hydrogen-bond donors (Lipinski definition) is 3. The van der Waals surface area contributed by atoms with Gasteiger partial charge in [0.05, 0.1) is 0 Å². The summed E-state index contributed by atoms with van der Waals surface area (Å²) in [6.07, 6.45) is 1.56. The van der Waals surface area contributed by atoms with Crippen LogP contribution < -0.4 is 10.8 Å². The van der Waals surface area contributed by atoms with Crippen LogP contribution in [0.5, 0.6) is 0 Å². The molecule has 2 saturated heterocycles. The number of benzene rings is 3. The van der Waals surface area contributed by atoms with Gasteiger partial charge in [0, 0.05) is 12.5 Å². The van der Waals surface area contributed by atoms with Gasteiger partial charge in [0.1, 0.15) is 18.0 Å². The molecule has 5 rings (SSSR count). The zero-order valence-electron chi connectivity index (χ0n) is 18.2. The van der Waals surface area contributed by atoms with Gasteiger partial charge in [-0.2, -0.15) is 5.48 Å². The second kappa shape index (κ2) is 9.53. The van der Waals surface area contributed by atoms with Crippen LogP contribution in [0.4, 0.5) is 0 Å². The lowest BCUT2D eigenvalue weighted by Crippen LogP contribution is -2.53. The second-order valence-electron chi connectivity index (χ2n) is 8.85. The first-order chi connectivity index (χ1) is 15.7. The Morgan fingerprint density at radius 2 is 1.34 bits per heavy atom. The van der Waals surface area contributed by atoms with Gasteiger partial charge in [-0.1, -0.05) is 91.0 Å². The highest BCUT2D eigenvalue weighted by molar-refractivity contribution is 5.38. The molecule has 3 aromatic rings. The highest BCUT2D eigenvalue weighted by atomic mass is 16.7. The Hall–Kier alpha value is -2.54. The van der Waals surface area contributed by atoms with Crippen molar-refractivity contribution in [2.24, 2.45) is 5.92 Å². The fraction of sp³-hybridized carbons (Fsp3) is 0.333. The molecule has 5 nitrogen and oxygen atoms in total. The standard InChI is InChI=1S/C27H31N3O2/c31-27(23-12-6-2-7-13-23,24-14-8-3-9-15-24)26-28-25(32-29-26)22-16-18-30(19-17-22)20-21-10-4-1-5-11-21/h1-15,22,25-26,28-29,31H,16-20H2. The van der Waals surface area contributed by atoms with E-state index in [1.165, 1.54) is 5.56 Å². The summed E-state index contributed by atoms with van der Waals surface area (Å²) in [5, 5.41) is 15.5. The maximum atomic E-state index is 12.0. The Bertz CT molecular complexity index is 936. The van der Waals surface area contributed by atoms with Crippen LogP contribution in [0.2, 0.25) is 0 Å². The maximum absolute atomic E-state index is 12.0. The molecule has 2 aliphatic rings. The van der Waals surface area contributed by atoms with Gasteiger partial charge in [-0.05, 0) is 42.6 Å². The van der Waals surface area contributed by atoms with Crippen LogP contribution in [0, 0.1) is 5.92 Å². The van der Waals surface area contributed by atoms with Crippen LogP contribution in [-0.4, -0.2) is 35.5 Å². The van der Waals surface area contributed by atoms with E-state index >= 15 is 0 Å². The van der Waals surface area contributed by atoms with E-state index in [9.17, 15) is 5.11 Å². The second-order valence-corrected chi connectivity index (χ2v) is 8.85. The first-order valence-electron chi connectivity index (χ1n) is 11.5. The van der Waals surface area contributed by atoms with Crippen LogP contribution in [0.3, 0.4) is 0 Å². The van der Waals surface area contributed by atoms with Gasteiger partial charge in [-0.3, -0.25) is 15.1 Å². The van der Waals surface area contributed by atoms with Crippen molar-refractivity contribution in [1.29, 1.82) is 0 Å². The molecule has 166 valence electrons. The lowest BCUT2D eigenvalue weighted by molar-refractivity contribution is -0.0428. The molecule has 0 radical (unpaired) electrons. The van der Waals surface area contributed by atoms with E-state index in [1.807, 2.05) is 60.7 Å². The lowest BCUT2D eigenvalue weighted by atomic mass is 9.83. The fourth-order valence-corrected chi connectivity index (χ4v) is 4.95. The van der Waals surface area contributed by atoms with Crippen molar-refractivity contribution in [2.75, 3.05) is 13.1 Å². The number of rotatable bonds is 6. The average Bonchev–Trinajstić information content (AvgIpc) is 3.37. The van der Waals surface area contributed by atoms with Gasteiger partial charge >= 0.3 is 0 Å². The highest BCUT2D eigenvalue weighted by Crippen LogP contribution is 2.35. The van der Waals surface area contributed by atoms with E-state index in [4.69, 9.17) is 4.84 Å². The summed E-state index contributed by atoms with van der Waals surface area (Å²) in [6, 6.07) is 30.3. The predicted octanol–water partition coefficient (Wildman–Crippen LogP) is 3.61. The molecule has 2 fully saturated rings. The third-order valence-corrected chi connectivity index (χ3v) is 6.80. The summed E-state index contributed by atoms with van der Waals surface area (Å²) >= 11 is 0. The van der Waals surface area contributed by atoms with Crippen molar-refractivity contribution in [3.8, 4) is 0 Å². The van der Waals surface area contributed by atoms with Crippen LogP contribution in [0.25, 0.3) is 0 Å². The van der Waals surface area contributed by atoms with Crippen molar-refractivity contribution in [1.82, 2.24) is 15.7 Å². The van der Waals surface area contributed by atoms with E-state index in [1.54, 1.807) is 0 Å². The van der Waals surface area contributed by atoms with Gasteiger partial charge < -0.3 is 5.11 Å². The molecule has 0 aliphatic carbocycles. The molecule has 2 heterocycles. The van der Waals surface area contributed by atoms with Crippen molar-refractivity contribution < 1.29 is 9.94 Å². The molecule has 0 spiro atoms. The number of hydroxylamine groups is 1. The number of hydrogen-bond acceptors (Lipinski definition) is 5. The Balaban J connectivity index is 1.26. The maximum Gasteiger partial charge on any atom is 0.145 e. The van der Waals surface area contributed by atoms with Gasteiger partial charge in [0.25, 0.3) is 0 Å². The minimum absolute atomic E-state index is 0.127. The smallest absolute Gasteiger partial charge is 0.145 e. The van der Waals surface area contributed by atoms with Crippen LogP contribution in [0.1, 0.15) is 29.5 Å². The van der Waals surface area contributed by atoms with Crippen molar-refractivity contribution in [3.05, 3.63) is 108 Å². The zero-order valence-corrected chi connectivity index (χ0v) is 18.2. The van der Waals surface area contributed by atoms with E-state index in [2.05, 4.69) is 46.0 Å². The van der Waals surface area contributed by atoms with Gasteiger partial charge in [-0.25, -0.2) is 0 Å². The Morgan fingerprint density at radius 3 is 1.91 bits per heavy atom. The summed E-state index contributed by atoms with van der Waals surface area (Å²) in [7, 11) is 0. The topological polar surface area (TPSA) is 56.8 Å². The molecular weight excluding hydrogens is 398 g/mol. The molecule has 0 amide bonds. The van der Waals surface area contributed by atoms with Crippen LogP contribution in [-0.2, 0) is 17.0 Å². The average molecular weight is 430 g/mol. The van der Waals surface area contributed by atoms with Crippen molar-refractivity contribution in [3.63, 3.8) is 0 Å². The molecular formula is C27H31N3O2. The van der Waals surface area contributed by atoms with Gasteiger partial charge in [0.15, 0.2) is 0 Å². The van der Waals surface area contributed by atoms with E-state index in [-0.39, 0.29) is 6.23 Å². The number of likely N-dealkylation sites (tertiary alicyclic amines) is 1. The molecule has 0 bridgehead atoms. The van der Waals surface area contributed by atoms with Gasteiger partial charge in [0.2, 0.25) is 0 Å². The first-order valence-corrected chi connectivity index (χ1v) is 11.5. The van der Waals surface area contributed by atoms with Crippen molar-refractivity contribution in [2.45, 2.75) is 37.4 Å². The lowest BCUT2D eigenvalue weighted by Gasteiger charge is -2.36. The Kier molecular flexibility index (Phi) is 6.35. The molecule has 2 aliphatic heterocycles. The Labute approximate surface area is 190 Å². The normalized spacial score (nSPS) is 22.8. The molecule has 0 saturated carbocycles. The highest BCUT2D eigenvalue weighted by Gasteiger charge is 2.46. The summed E-state index contributed by atoms with van der Waals surface area (Å²) < 4.78 is 0. The van der Waals surface area contributed by atoms with E-state index < -0.39 is 11.8 Å². The molecule has 2 atom stereocenters. The summed E-state index contributed by atoms with van der Waals surface area (Å²) in [5.74, 6) is 0.398. The summed E-state index contributed by atoms with van der Waals surface area (Å²) in [4.78, 5) is 8.52. The fourth-order valence-electron chi connectivity index (χ4n) is 4.95. The van der Waals surface area contributed by atoms with E-state index in [0.29, 0.717) is 5.92 Å². The number of nitrogens with zero attached hydrogens (tertiary/aromatic N) is 1. The predicted molar refractivity (Wildman–Crippen MR) is 125 cm³/mol. The minimum Gasteiger partial charge on any atom is -0.377 e. The first kappa shape index (κ1) is 21.3. The quantitative estimate of drug-likeness (QED) is 0.559. The largest absolute Gasteiger partial charge is 0.377 e. The molecule has 3 N–H and O–H groups in total. The third-order valence-electron chi connectivity index (χ3n) is 6.80. The number of piperidine rings is 1. The molecule has 2 unspecified atom stereocenters. The Morgan fingerprint density at radius 1 is 0.812 bits per heavy atom. The molecule has 32 heavy (non-hydrogen) atoms. The monoisotopic (exact) mass is 429 g/mol. The summed E-state index contributed by atoms with van der Waals surface area (Å²) in [6.45, 7) is 3.09.